The number of likely N-dealkylation sites (N-methyl/N-ethyl adjacent to an activating group) is 1. The van der Waals surface area contributed by atoms with Crippen molar-refractivity contribution in [1.82, 2.24) is 4.90 Å². The molecule has 0 aliphatic carbocycles. The zero-order valence-electron chi connectivity index (χ0n) is 15.5. The molecule has 1 aliphatic heterocycles. The number of amides is 1. The van der Waals surface area contributed by atoms with Crippen molar-refractivity contribution in [2.45, 2.75) is 18.7 Å². The normalized spacial score (nSPS) is 17.6. The third-order valence-electron chi connectivity index (χ3n) is 4.69. The van der Waals surface area contributed by atoms with Gasteiger partial charge >= 0.3 is 12.3 Å². The van der Waals surface area contributed by atoms with Crippen LogP contribution in [0.1, 0.15) is 12.0 Å². The topological polar surface area (TPSA) is 32.8 Å². The lowest BCUT2D eigenvalue weighted by atomic mass is 10.0. The van der Waals surface area contributed by atoms with Gasteiger partial charge in [0.05, 0.1) is 11.3 Å². The number of carbonyl (C=O) groups excluding carboxylic acids is 1. The van der Waals surface area contributed by atoms with Crippen molar-refractivity contribution in [2.75, 3.05) is 32.1 Å². The minimum Gasteiger partial charge on any atom is -0.444 e. The summed E-state index contributed by atoms with van der Waals surface area (Å²) in [5.41, 5.74) is 0.326. The molecule has 2 aromatic carbocycles. The van der Waals surface area contributed by atoms with Gasteiger partial charge in [-0.25, -0.2) is 4.79 Å². The van der Waals surface area contributed by atoms with Crippen LogP contribution >= 0.6 is 11.6 Å². The maximum Gasteiger partial charge on any atom is 0.416 e. The van der Waals surface area contributed by atoms with E-state index in [1.165, 1.54) is 18.0 Å². The number of anilines is 1. The molecule has 1 amide bonds. The van der Waals surface area contributed by atoms with Crippen LogP contribution in [0.3, 0.4) is 0 Å². The Morgan fingerprint density at radius 2 is 1.96 bits per heavy atom. The monoisotopic (exact) mass is 412 g/mol. The zero-order chi connectivity index (χ0) is 20.5. The average Bonchev–Trinajstić information content (AvgIpc) is 3.04. The smallest absolute Gasteiger partial charge is 0.416 e. The van der Waals surface area contributed by atoms with Crippen molar-refractivity contribution < 1.29 is 22.7 Å². The number of hydrogen-bond donors (Lipinski definition) is 0. The zero-order valence-corrected chi connectivity index (χ0v) is 16.2. The second-order valence-corrected chi connectivity index (χ2v) is 7.30. The van der Waals surface area contributed by atoms with Crippen LogP contribution in [0.25, 0.3) is 11.1 Å². The minimum absolute atomic E-state index is 0.0288. The van der Waals surface area contributed by atoms with Crippen molar-refractivity contribution >= 4 is 23.4 Å². The molecule has 8 heteroatoms. The number of likely N-dealkylation sites (tertiary alicyclic amines) is 1. The molecule has 3 rings (SSSR count). The largest absolute Gasteiger partial charge is 0.444 e. The van der Waals surface area contributed by atoms with E-state index in [1.807, 2.05) is 7.05 Å². The van der Waals surface area contributed by atoms with Gasteiger partial charge in [-0.1, -0.05) is 29.8 Å². The molecule has 1 atom stereocenters. The van der Waals surface area contributed by atoms with Crippen LogP contribution in [0.15, 0.2) is 42.5 Å². The summed E-state index contributed by atoms with van der Waals surface area (Å²) in [5, 5.41) is -0.0288. The van der Waals surface area contributed by atoms with E-state index in [2.05, 4.69) is 4.90 Å². The van der Waals surface area contributed by atoms with Crippen LogP contribution in [0, 0.1) is 0 Å². The summed E-state index contributed by atoms with van der Waals surface area (Å²) in [4.78, 5) is 15.9. The van der Waals surface area contributed by atoms with Gasteiger partial charge in [0.15, 0.2) is 0 Å². The second kappa shape index (κ2) is 8.01. The maximum atomic E-state index is 13.2. The molecule has 0 saturated carbocycles. The second-order valence-electron chi connectivity index (χ2n) is 6.86. The molecule has 4 nitrogen and oxygen atoms in total. The number of hydrogen-bond acceptors (Lipinski definition) is 3. The van der Waals surface area contributed by atoms with Crippen molar-refractivity contribution in [3.63, 3.8) is 0 Å². The van der Waals surface area contributed by atoms with Crippen LogP contribution in [0.4, 0.5) is 23.7 Å². The highest BCUT2D eigenvalue weighted by Crippen LogP contribution is 2.37. The Labute approximate surface area is 166 Å². The van der Waals surface area contributed by atoms with E-state index in [4.69, 9.17) is 16.3 Å². The Hall–Kier alpha value is -2.25. The Balaban J connectivity index is 1.91. The Bertz CT molecular complexity index is 873. The Kier molecular flexibility index (Phi) is 5.86. The molecule has 150 valence electrons. The summed E-state index contributed by atoms with van der Waals surface area (Å²) >= 11 is 5.92. The fourth-order valence-electron chi connectivity index (χ4n) is 3.23. The van der Waals surface area contributed by atoms with E-state index < -0.39 is 17.8 Å². The predicted molar refractivity (Wildman–Crippen MR) is 103 cm³/mol. The SMILES string of the molecule is CN1CC[C@@H](OC(=O)N(C)c2ccccc2-c2cc(Cl)cc(C(F)(F)F)c2)C1. The van der Waals surface area contributed by atoms with E-state index >= 15 is 0 Å². The van der Waals surface area contributed by atoms with E-state index in [1.54, 1.807) is 24.3 Å². The van der Waals surface area contributed by atoms with Gasteiger partial charge in [0.25, 0.3) is 0 Å². The van der Waals surface area contributed by atoms with Gasteiger partial charge in [-0.3, -0.25) is 4.90 Å². The number of para-hydroxylation sites is 1. The van der Waals surface area contributed by atoms with Gasteiger partial charge in [0.1, 0.15) is 6.10 Å². The number of rotatable bonds is 3. The van der Waals surface area contributed by atoms with Crippen molar-refractivity contribution in [3.8, 4) is 11.1 Å². The van der Waals surface area contributed by atoms with Gasteiger partial charge in [0.2, 0.25) is 0 Å². The Morgan fingerprint density at radius 1 is 1.25 bits per heavy atom. The first-order valence-electron chi connectivity index (χ1n) is 8.75. The molecule has 0 unspecified atom stereocenters. The number of benzene rings is 2. The van der Waals surface area contributed by atoms with Gasteiger partial charge < -0.3 is 9.64 Å². The van der Waals surface area contributed by atoms with Crippen molar-refractivity contribution in [2.24, 2.45) is 0 Å². The molecule has 1 heterocycles. The van der Waals surface area contributed by atoms with Crippen LogP contribution < -0.4 is 4.90 Å². The minimum atomic E-state index is -4.52. The van der Waals surface area contributed by atoms with Crippen molar-refractivity contribution in [1.29, 1.82) is 0 Å². The van der Waals surface area contributed by atoms with Crippen LogP contribution in [-0.2, 0) is 10.9 Å². The predicted octanol–water partition coefficient (Wildman–Crippen LogP) is 5.30. The molecular weight excluding hydrogens is 393 g/mol. The third-order valence-corrected chi connectivity index (χ3v) is 4.91. The van der Waals surface area contributed by atoms with Gasteiger partial charge in [0, 0.05) is 30.7 Å². The number of carbonyl (C=O) groups is 1. The fourth-order valence-corrected chi connectivity index (χ4v) is 3.46. The summed E-state index contributed by atoms with van der Waals surface area (Å²) < 4.78 is 45.0. The average molecular weight is 413 g/mol. The van der Waals surface area contributed by atoms with Gasteiger partial charge in [-0.05, 0) is 43.3 Å². The van der Waals surface area contributed by atoms with E-state index in [0.29, 0.717) is 17.8 Å². The molecule has 0 spiro atoms. The van der Waals surface area contributed by atoms with Crippen molar-refractivity contribution in [3.05, 3.63) is 53.1 Å². The summed E-state index contributed by atoms with van der Waals surface area (Å²) in [6.45, 7) is 1.51. The van der Waals surface area contributed by atoms with E-state index in [0.717, 1.165) is 25.1 Å². The summed E-state index contributed by atoms with van der Waals surface area (Å²) in [6, 6.07) is 10.1. The van der Waals surface area contributed by atoms with Crippen LogP contribution in [0.2, 0.25) is 5.02 Å². The standard InChI is InChI=1S/C20H20ClF3N2O2/c1-25-8-7-16(12-25)28-19(27)26(2)18-6-4-3-5-17(18)13-9-14(20(22,23)24)11-15(21)10-13/h3-6,9-11,16H,7-8,12H2,1-2H3/t16-/m1/s1. The lowest BCUT2D eigenvalue weighted by Gasteiger charge is -2.23. The molecule has 0 radical (unpaired) electrons. The molecule has 0 aromatic heterocycles. The summed E-state index contributed by atoms with van der Waals surface area (Å²) in [6.07, 6.45) is -4.52. The molecule has 0 N–H and O–H groups in total. The molecule has 1 saturated heterocycles. The van der Waals surface area contributed by atoms with Crippen LogP contribution in [0.5, 0.6) is 0 Å². The van der Waals surface area contributed by atoms with Gasteiger partial charge in [-0.2, -0.15) is 13.2 Å². The maximum absolute atomic E-state index is 13.2. The number of halogens is 4. The highest BCUT2D eigenvalue weighted by molar-refractivity contribution is 6.31. The molecule has 1 aliphatic rings. The first-order chi connectivity index (χ1) is 13.1. The number of ether oxygens (including phenoxy) is 1. The molecule has 0 bridgehead atoms. The summed E-state index contributed by atoms with van der Waals surface area (Å²) in [5.74, 6) is 0. The lowest BCUT2D eigenvalue weighted by molar-refractivity contribution is -0.137. The first-order valence-corrected chi connectivity index (χ1v) is 9.13. The van der Waals surface area contributed by atoms with Gasteiger partial charge in [-0.15, -0.1) is 0 Å². The number of nitrogens with zero attached hydrogens (tertiary/aromatic N) is 2. The molecule has 1 fully saturated rings. The molecule has 28 heavy (non-hydrogen) atoms. The van der Waals surface area contributed by atoms with E-state index in [-0.39, 0.29) is 16.7 Å². The Morgan fingerprint density at radius 3 is 2.61 bits per heavy atom. The highest BCUT2D eigenvalue weighted by Gasteiger charge is 2.32. The molecular formula is C20H20ClF3N2O2. The lowest BCUT2D eigenvalue weighted by Crippen LogP contribution is -2.32. The number of alkyl halides is 3. The third kappa shape index (κ3) is 4.59. The van der Waals surface area contributed by atoms with Crippen LogP contribution in [-0.4, -0.2) is 44.3 Å². The fraction of sp³-hybridized carbons (Fsp3) is 0.350. The molecule has 2 aromatic rings. The quantitative estimate of drug-likeness (QED) is 0.685. The van der Waals surface area contributed by atoms with E-state index in [9.17, 15) is 18.0 Å². The summed E-state index contributed by atoms with van der Waals surface area (Å²) in [7, 11) is 3.49. The highest BCUT2D eigenvalue weighted by atomic mass is 35.5. The first kappa shape index (κ1) is 20.5.